The summed E-state index contributed by atoms with van der Waals surface area (Å²) < 4.78 is 0. The number of rotatable bonds is 4. The number of hydrogen-bond acceptors (Lipinski definition) is 2. The minimum Gasteiger partial charge on any atom is -0.384 e. The predicted octanol–water partition coefficient (Wildman–Crippen LogP) is 4.16. The Morgan fingerprint density at radius 2 is 2.10 bits per heavy atom. The van der Waals surface area contributed by atoms with Crippen LogP contribution in [-0.4, -0.2) is 6.54 Å². The molecule has 0 aliphatic carbocycles. The zero-order chi connectivity index (χ0) is 13.9. The van der Waals surface area contributed by atoms with Gasteiger partial charge in [-0.15, -0.1) is 0 Å². The fourth-order valence-electron chi connectivity index (χ4n) is 2.72. The highest BCUT2D eigenvalue weighted by Crippen LogP contribution is 2.27. The van der Waals surface area contributed by atoms with Gasteiger partial charge in [0.1, 0.15) is 0 Å². The van der Waals surface area contributed by atoms with Gasteiger partial charge in [-0.2, -0.15) is 0 Å². The molecule has 2 aromatic carbocycles. The number of benzene rings is 2. The van der Waals surface area contributed by atoms with Gasteiger partial charge in [0.25, 0.3) is 0 Å². The van der Waals surface area contributed by atoms with E-state index in [4.69, 9.17) is 11.6 Å². The lowest BCUT2D eigenvalue weighted by Gasteiger charge is -2.16. The topological polar surface area (TPSA) is 24.1 Å². The summed E-state index contributed by atoms with van der Waals surface area (Å²) in [6, 6.07) is 14.9. The molecule has 2 nitrogen and oxygen atoms in total. The Morgan fingerprint density at radius 1 is 1.25 bits per heavy atom. The van der Waals surface area contributed by atoms with Crippen LogP contribution in [0.25, 0.3) is 0 Å². The van der Waals surface area contributed by atoms with Gasteiger partial charge in [-0.25, -0.2) is 0 Å². The molecule has 1 atom stereocenters. The lowest BCUT2D eigenvalue weighted by Crippen LogP contribution is -2.18. The fourth-order valence-corrected chi connectivity index (χ4v) is 2.91. The Hall–Kier alpha value is -1.51. The van der Waals surface area contributed by atoms with Crippen molar-refractivity contribution >= 4 is 17.3 Å². The van der Waals surface area contributed by atoms with Crippen LogP contribution >= 0.6 is 11.6 Å². The minimum absolute atomic E-state index is 0.283. The van der Waals surface area contributed by atoms with Gasteiger partial charge in [-0.05, 0) is 42.2 Å². The summed E-state index contributed by atoms with van der Waals surface area (Å²) in [5.74, 6) is 0. The molecule has 1 heterocycles. The van der Waals surface area contributed by atoms with Crippen molar-refractivity contribution in [3.05, 3.63) is 64.2 Å². The van der Waals surface area contributed by atoms with E-state index >= 15 is 0 Å². The van der Waals surface area contributed by atoms with Gasteiger partial charge in [0.2, 0.25) is 0 Å². The van der Waals surface area contributed by atoms with Crippen molar-refractivity contribution in [1.29, 1.82) is 0 Å². The van der Waals surface area contributed by atoms with E-state index < -0.39 is 0 Å². The first-order valence-corrected chi connectivity index (χ1v) is 7.45. The lowest BCUT2D eigenvalue weighted by atomic mass is 10.1. The maximum Gasteiger partial charge on any atom is 0.0419 e. The largest absolute Gasteiger partial charge is 0.384 e. The average molecular weight is 287 g/mol. The highest BCUT2D eigenvalue weighted by molar-refractivity contribution is 6.30. The van der Waals surface area contributed by atoms with E-state index in [-0.39, 0.29) is 6.04 Å². The van der Waals surface area contributed by atoms with Crippen molar-refractivity contribution in [2.45, 2.75) is 25.9 Å². The highest BCUT2D eigenvalue weighted by Gasteiger charge is 2.14. The molecule has 0 spiro atoms. The molecule has 3 heteroatoms. The van der Waals surface area contributed by atoms with E-state index in [9.17, 15) is 0 Å². The molecule has 0 aromatic heterocycles. The van der Waals surface area contributed by atoms with Crippen LogP contribution in [0, 0.1) is 0 Å². The van der Waals surface area contributed by atoms with Crippen LogP contribution in [-0.2, 0) is 13.0 Å². The summed E-state index contributed by atoms with van der Waals surface area (Å²) >= 11 is 6.05. The molecule has 20 heavy (non-hydrogen) atoms. The third-order valence-electron chi connectivity index (χ3n) is 3.88. The van der Waals surface area contributed by atoms with Gasteiger partial charge >= 0.3 is 0 Å². The summed E-state index contributed by atoms with van der Waals surface area (Å²) in [4.78, 5) is 0. The van der Waals surface area contributed by atoms with Gasteiger partial charge in [0.15, 0.2) is 0 Å². The molecular weight excluding hydrogens is 268 g/mol. The first-order chi connectivity index (χ1) is 9.74. The number of anilines is 1. The predicted molar refractivity (Wildman–Crippen MR) is 85.3 cm³/mol. The number of nitrogens with one attached hydrogen (secondary N) is 2. The number of para-hydroxylation sites is 1. The molecule has 104 valence electrons. The summed E-state index contributed by atoms with van der Waals surface area (Å²) in [5, 5.41) is 7.84. The van der Waals surface area contributed by atoms with Crippen molar-refractivity contribution in [3.8, 4) is 0 Å². The minimum atomic E-state index is 0.283. The molecule has 0 radical (unpaired) electrons. The highest BCUT2D eigenvalue weighted by atomic mass is 35.5. The molecule has 0 saturated carbocycles. The quantitative estimate of drug-likeness (QED) is 0.882. The molecule has 0 saturated heterocycles. The molecule has 1 aliphatic heterocycles. The summed E-state index contributed by atoms with van der Waals surface area (Å²) in [5.41, 5.74) is 5.31. The molecule has 3 rings (SSSR count). The zero-order valence-electron chi connectivity index (χ0n) is 11.6. The average Bonchev–Trinajstić information content (AvgIpc) is 2.93. The first kappa shape index (κ1) is 13.5. The normalized spacial score (nSPS) is 14.7. The van der Waals surface area contributed by atoms with Gasteiger partial charge in [-0.1, -0.05) is 41.9 Å². The van der Waals surface area contributed by atoms with Crippen LogP contribution in [0.15, 0.2) is 42.5 Å². The third-order valence-corrected chi connectivity index (χ3v) is 4.12. The van der Waals surface area contributed by atoms with E-state index in [1.165, 1.54) is 22.4 Å². The maximum atomic E-state index is 6.05. The molecular formula is C17H19ClN2. The van der Waals surface area contributed by atoms with Gasteiger partial charge in [0, 0.05) is 29.8 Å². The summed E-state index contributed by atoms with van der Waals surface area (Å²) in [6.45, 7) is 4.09. The van der Waals surface area contributed by atoms with Crippen molar-refractivity contribution in [2.24, 2.45) is 0 Å². The second-order valence-corrected chi connectivity index (χ2v) is 5.72. The monoisotopic (exact) mass is 286 g/mol. The molecule has 2 aromatic rings. The van der Waals surface area contributed by atoms with Gasteiger partial charge < -0.3 is 10.6 Å². The van der Waals surface area contributed by atoms with Crippen LogP contribution in [0.3, 0.4) is 0 Å². The number of hydrogen-bond donors (Lipinski definition) is 2. The molecule has 0 bridgehead atoms. The van der Waals surface area contributed by atoms with Crippen LogP contribution in [0.4, 0.5) is 5.69 Å². The standard InChI is InChI=1S/C17H19ClN2/c1-12(14-5-3-7-16(18)10-14)20-11-15-6-2-4-13-8-9-19-17(13)15/h2-7,10,12,19-20H,8-9,11H2,1H3. The number of fused-ring (bicyclic) bond motifs is 1. The van der Waals surface area contributed by atoms with Crippen LogP contribution in [0.1, 0.15) is 29.7 Å². The molecule has 0 fully saturated rings. The van der Waals surface area contributed by atoms with E-state index in [2.05, 4.69) is 41.8 Å². The van der Waals surface area contributed by atoms with Crippen molar-refractivity contribution in [1.82, 2.24) is 5.32 Å². The molecule has 2 N–H and O–H groups in total. The zero-order valence-corrected chi connectivity index (χ0v) is 12.4. The van der Waals surface area contributed by atoms with Crippen molar-refractivity contribution in [3.63, 3.8) is 0 Å². The SMILES string of the molecule is CC(NCc1cccc2c1NCC2)c1cccc(Cl)c1. The Bertz CT molecular complexity index is 610. The van der Waals surface area contributed by atoms with E-state index in [1.54, 1.807) is 0 Å². The van der Waals surface area contributed by atoms with Crippen LogP contribution in [0.5, 0.6) is 0 Å². The van der Waals surface area contributed by atoms with Crippen molar-refractivity contribution < 1.29 is 0 Å². The third kappa shape index (κ3) is 2.82. The summed E-state index contributed by atoms with van der Waals surface area (Å²) in [7, 11) is 0. The number of halogens is 1. The van der Waals surface area contributed by atoms with Gasteiger partial charge in [0.05, 0.1) is 0 Å². The van der Waals surface area contributed by atoms with Crippen LogP contribution in [0.2, 0.25) is 5.02 Å². The first-order valence-electron chi connectivity index (χ1n) is 7.07. The van der Waals surface area contributed by atoms with E-state index in [0.29, 0.717) is 0 Å². The van der Waals surface area contributed by atoms with E-state index in [1.807, 2.05) is 18.2 Å². The molecule has 1 aliphatic rings. The Labute approximate surface area is 125 Å². The maximum absolute atomic E-state index is 6.05. The summed E-state index contributed by atoms with van der Waals surface area (Å²) in [6.07, 6.45) is 1.13. The Morgan fingerprint density at radius 3 is 2.95 bits per heavy atom. The second-order valence-electron chi connectivity index (χ2n) is 5.29. The second kappa shape index (κ2) is 5.86. The Balaban J connectivity index is 1.69. The van der Waals surface area contributed by atoms with Crippen LogP contribution < -0.4 is 10.6 Å². The van der Waals surface area contributed by atoms with Crippen molar-refractivity contribution in [2.75, 3.05) is 11.9 Å². The Kier molecular flexibility index (Phi) is 3.95. The van der Waals surface area contributed by atoms with E-state index in [0.717, 1.165) is 24.5 Å². The molecule has 1 unspecified atom stereocenters. The fraction of sp³-hybridized carbons (Fsp3) is 0.294. The smallest absolute Gasteiger partial charge is 0.0419 e. The van der Waals surface area contributed by atoms with Gasteiger partial charge in [-0.3, -0.25) is 0 Å². The lowest BCUT2D eigenvalue weighted by molar-refractivity contribution is 0.575. The molecule has 0 amide bonds.